The lowest BCUT2D eigenvalue weighted by molar-refractivity contribution is -0.169. The van der Waals surface area contributed by atoms with Gasteiger partial charge in [-0.25, -0.2) is 4.79 Å². The lowest BCUT2D eigenvalue weighted by Crippen LogP contribution is -2.34. The summed E-state index contributed by atoms with van der Waals surface area (Å²) in [7, 11) is 0. The van der Waals surface area contributed by atoms with E-state index in [4.69, 9.17) is 17.3 Å². The van der Waals surface area contributed by atoms with E-state index in [1.807, 2.05) is 0 Å². The first-order valence-electron chi connectivity index (χ1n) is 4.45. The molecule has 0 bridgehead atoms. The Morgan fingerprint density at radius 3 is 2.67 bits per heavy atom. The second-order valence-electron chi connectivity index (χ2n) is 3.04. The van der Waals surface area contributed by atoms with Crippen LogP contribution in [0, 0.1) is 0 Å². The molecule has 1 aromatic carbocycles. The zero-order valence-electron chi connectivity index (χ0n) is 8.24. The van der Waals surface area contributed by atoms with Gasteiger partial charge in [-0.1, -0.05) is 36.7 Å². The van der Waals surface area contributed by atoms with Gasteiger partial charge in [0.25, 0.3) is 0 Å². The Balaban J connectivity index is 3.11. The van der Waals surface area contributed by atoms with Crippen molar-refractivity contribution in [3.63, 3.8) is 0 Å². The molecule has 82 valence electrons. The molecular weight excluding hydrogens is 218 g/mol. The first-order chi connectivity index (χ1) is 6.99. The summed E-state index contributed by atoms with van der Waals surface area (Å²) in [6.07, 6.45) is -0.876. The molecule has 0 spiro atoms. The number of hydrogen-bond acceptors (Lipinski definition) is 3. The van der Waals surface area contributed by atoms with Crippen molar-refractivity contribution in [2.45, 2.75) is 19.1 Å². The van der Waals surface area contributed by atoms with Gasteiger partial charge in [0.2, 0.25) is 5.79 Å². The number of halogens is 1. The molecule has 0 aliphatic heterocycles. The smallest absolute Gasteiger partial charge is 0.407 e. The van der Waals surface area contributed by atoms with Gasteiger partial charge in [0.15, 0.2) is 0 Å². The van der Waals surface area contributed by atoms with Crippen LogP contribution in [0.2, 0.25) is 5.02 Å². The number of ether oxygens (including phenoxy) is 1. The normalized spacial score (nSPS) is 14.3. The number of amides is 1. The average molecular weight is 230 g/mol. The number of primary amides is 1. The molecule has 1 amide bonds. The molecule has 4 nitrogen and oxygen atoms in total. The van der Waals surface area contributed by atoms with Gasteiger partial charge in [0.05, 0.1) is 5.02 Å². The summed E-state index contributed by atoms with van der Waals surface area (Å²) in [5.41, 5.74) is 5.20. The fraction of sp³-hybridized carbons (Fsp3) is 0.300. The average Bonchev–Trinajstić information content (AvgIpc) is 2.17. The standard InChI is InChI=1S/C10H12ClNO3/c1-2-10(14,15-9(12)13)7-5-3-4-6-8(7)11/h3-6,14H,2H2,1H3,(H2,12,13)/t10-/m1/s1. The molecule has 0 heterocycles. The van der Waals surface area contributed by atoms with Crippen molar-refractivity contribution in [1.82, 2.24) is 0 Å². The van der Waals surface area contributed by atoms with Gasteiger partial charge in [-0.3, -0.25) is 0 Å². The number of carbonyl (C=O) groups is 1. The summed E-state index contributed by atoms with van der Waals surface area (Å²) in [4.78, 5) is 10.7. The third kappa shape index (κ3) is 2.61. The Hall–Kier alpha value is -1.26. The van der Waals surface area contributed by atoms with E-state index < -0.39 is 11.9 Å². The molecule has 0 aromatic heterocycles. The van der Waals surface area contributed by atoms with Crippen LogP contribution in [-0.2, 0) is 10.5 Å². The minimum Gasteiger partial charge on any atom is -0.413 e. The van der Waals surface area contributed by atoms with Crippen molar-refractivity contribution in [3.8, 4) is 0 Å². The quantitative estimate of drug-likeness (QED) is 0.779. The molecule has 3 N–H and O–H groups in total. The van der Waals surface area contributed by atoms with Gasteiger partial charge < -0.3 is 15.6 Å². The molecule has 0 saturated carbocycles. The van der Waals surface area contributed by atoms with Crippen molar-refractivity contribution in [1.29, 1.82) is 0 Å². The van der Waals surface area contributed by atoms with Crippen LogP contribution >= 0.6 is 11.6 Å². The molecule has 0 aliphatic carbocycles. The Kier molecular flexibility index (Phi) is 3.55. The largest absolute Gasteiger partial charge is 0.413 e. The van der Waals surface area contributed by atoms with E-state index in [0.29, 0.717) is 10.6 Å². The molecular formula is C10H12ClNO3. The van der Waals surface area contributed by atoms with Gasteiger partial charge in [0, 0.05) is 12.0 Å². The summed E-state index contributed by atoms with van der Waals surface area (Å²) in [6.45, 7) is 1.66. The zero-order valence-corrected chi connectivity index (χ0v) is 8.99. The highest BCUT2D eigenvalue weighted by Crippen LogP contribution is 2.31. The highest BCUT2D eigenvalue weighted by molar-refractivity contribution is 6.31. The summed E-state index contributed by atoms with van der Waals surface area (Å²) in [5.74, 6) is -1.76. The Morgan fingerprint density at radius 1 is 1.60 bits per heavy atom. The van der Waals surface area contributed by atoms with E-state index in [-0.39, 0.29) is 6.42 Å². The van der Waals surface area contributed by atoms with Crippen molar-refractivity contribution < 1.29 is 14.6 Å². The van der Waals surface area contributed by atoms with Gasteiger partial charge in [-0.15, -0.1) is 0 Å². The van der Waals surface area contributed by atoms with Crippen molar-refractivity contribution >= 4 is 17.7 Å². The Labute approximate surface area is 92.6 Å². The van der Waals surface area contributed by atoms with Crippen LogP contribution in [0.5, 0.6) is 0 Å². The van der Waals surface area contributed by atoms with E-state index in [9.17, 15) is 9.90 Å². The van der Waals surface area contributed by atoms with E-state index in [1.165, 1.54) is 0 Å². The molecule has 1 aromatic rings. The maximum atomic E-state index is 10.7. The monoisotopic (exact) mass is 229 g/mol. The fourth-order valence-electron chi connectivity index (χ4n) is 1.26. The van der Waals surface area contributed by atoms with Crippen molar-refractivity contribution in [2.75, 3.05) is 0 Å². The number of benzene rings is 1. The van der Waals surface area contributed by atoms with Crippen LogP contribution in [0.15, 0.2) is 24.3 Å². The van der Waals surface area contributed by atoms with Gasteiger partial charge >= 0.3 is 6.09 Å². The number of nitrogens with two attached hydrogens (primary N) is 1. The Bertz CT molecular complexity index is 369. The van der Waals surface area contributed by atoms with Crippen LogP contribution in [-0.4, -0.2) is 11.2 Å². The molecule has 15 heavy (non-hydrogen) atoms. The first kappa shape index (κ1) is 11.8. The van der Waals surface area contributed by atoms with Crippen LogP contribution in [0.25, 0.3) is 0 Å². The predicted molar refractivity (Wildman–Crippen MR) is 56.3 cm³/mol. The van der Waals surface area contributed by atoms with Crippen molar-refractivity contribution in [2.24, 2.45) is 5.73 Å². The minimum atomic E-state index is -1.76. The van der Waals surface area contributed by atoms with Gasteiger partial charge in [0.1, 0.15) is 0 Å². The van der Waals surface area contributed by atoms with Crippen molar-refractivity contribution in [3.05, 3.63) is 34.9 Å². The van der Waals surface area contributed by atoms with E-state index in [1.54, 1.807) is 31.2 Å². The predicted octanol–water partition coefficient (Wildman–Crippen LogP) is 1.99. The van der Waals surface area contributed by atoms with E-state index >= 15 is 0 Å². The van der Waals surface area contributed by atoms with E-state index in [2.05, 4.69) is 4.74 Å². The Morgan fingerprint density at radius 2 is 2.20 bits per heavy atom. The molecule has 0 fully saturated rings. The second kappa shape index (κ2) is 4.51. The van der Waals surface area contributed by atoms with E-state index in [0.717, 1.165) is 0 Å². The summed E-state index contributed by atoms with van der Waals surface area (Å²) in [6, 6.07) is 6.58. The fourth-order valence-corrected chi connectivity index (χ4v) is 1.55. The summed E-state index contributed by atoms with van der Waals surface area (Å²) < 4.78 is 4.66. The molecule has 0 saturated heterocycles. The summed E-state index contributed by atoms with van der Waals surface area (Å²) >= 11 is 5.88. The molecule has 0 aliphatic rings. The van der Waals surface area contributed by atoms with Crippen LogP contribution in [0.3, 0.4) is 0 Å². The second-order valence-corrected chi connectivity index (χ2v) is 3.45. The number of hydrogen-bond donors (Lipinski definition) is 2. The summed E-state index contributed by atoms with van der Waals surface area (Å²) in [5, 5.41) is 10.4. The number of carbonyl (C=O) groups excluding carboxylic acids is 1. The molecule has 0 unspecified atom stereocenters. The number of rotatable bonds is 3. The highest BCUT2D eigenvalue weighted by atomic mass is 35.5. The lowest BCUT2D eigenvalue weighted by atomic mass is 10.0. The third-order valence-electron chi connectivity index (χ3n) is 2.04. The van der Waals surface area contributed by atoms with Crippen LogP contribution < -0.4 is 5.73 Å². The van der Waals surface area contributed by atoms with Gasteiger partial charge in [-0.2, -0.15) is 0 Å². The highest BCUT2D eigenvalue weighted by Gasteiger charge is 2.33. The molecule has 1 atom stereocenters. The maximum absolute atomic E-state index is 10.7. The van der Waals surface area contributed by atoms with Crippen LogP contribution in [0.1, 0.15) is 18.9 Å². The topological polar surface area (TPSA) is 72.6 Å². The SMILES string of the molecule is CC[C@@](O)(OC(N)=O)c1ccccc1Cl. The van der Waals surface area contributed by atoms with Crippen LogP contribution in [0.4, 0.5) is 4.79 Å². The maximum Gasteiger partial charge on any atom is 0.407 e. The molecule has 5 heteroatoms. The lowest BCUT2D eigenvalue weighted by Gasteiger charge is -2.26. The molecule has 1 rings (SSSR count). The zero-order chi connectivity index (χ0) is 11.5. The number of aliphatic hydroxyl groups is 1. The van der Waals surface area contributed by atoms with Gasteiger partial charge in [-0.05, 0) is 6.07 Å². The minimum absolute atomic E-state index is 0.166. The first-order valence-corrected chi connectivity index (χ1v) is 4.83. The third-order valence-corrected chi connectivity index (χ3v) is 2.37. The molecule has 0 radical (unpaired) electrons.